The van der Waals surface area contributed by atoms with E-state index in [4.69, 9.17) is 13.3 Å². The average molecular weight is 394 g/mol. The quantitative estimate of drug-likeness (QED) is 0.183. The molecule has 0 radical (unpaired) electrons. The van der Waals surface area contributed by atoms with Gasteiger partial charge in [-0.15, -0.1) is 0 Å². The highest BCUT2D eigenvalue weighted by Gasteiger charge is 2.42. The molecule has 0 aliphatic rings. The lowest BCUT2D eigenvalue weighted by Crippen LogP contribution is -2.51. The Morgan fingerprint density at radius 3 is 2.04 bits per heavy atom. The predicted octanol–water partition coefficient (Wildman–Crippen LogP) is 3.33. The van der Waals surface area contributed by atoms with Gasteiger partial charge in [0.05, 0.1) is 0 Å². The Morgan fingerprint density at radius 1 is 1.04 bits per heavy atom. The third-order valence-electron chi connectivity index (χ3n) is 3.81. The van der Waals surface area contributed by atoms with Gasteiger partial charge in [-0.2, -0.15) is 0 Å². The Bertz CT molecular complexity index is 387. The summed E-state index contributed by atoms with van der Waals surface area (Å²) in [5, 5.41) is -0.361. The maximum Gasteiger partial charge on any atom is 0.502 e. The van der Waals surface area contributed by atoms with Crippen molar-refractivity contribution in [3.63, 3.8) is 0 Å². The Labute approximate surface area is 158 Å². The van der Waals surface area contributed by atoms with Gasteiger partial charge in [0, 0.05) is 31.4 Å². The first-order valence-electron chi connectivity index (χ1n) is 9.29. The molecule has 0 aliphatic heterocycles. The molecule has 6 nitrogen and oxygen atoms in total. The lowest BCUT2D eigenvalue weighted by Gasteiger charge is -2.35. The fourth-order valence-electron chi connectivity index (χ4n) is 2.50. The second kappa shape index (κ2) is 13.9. The van der Waals surface area contributed by atoms with E-state index in [9.17, 15) is 9.59 Å². The molecule has 148 valence electrons. The third kappa shape index (κ3) is 9.30. The van der Waals surface area contributed by atoms with Gasteiger partial charge in [0.2, 0.25) is 5.78 Å². The van der Waals surface area contributed by atoms with E-state index >= 15 is 0 Å². The summed E-state index contributed by atoms with van der Waals surface area (Å²) < 4.78 is 18.2. The van der Waals surface area contributed by atoms with Crippen molar-refractivity contribution in [1.29, 1.82) is 0 Å². The number of hydrogen-bond acceptors (Lipinski definition) is 7. The topological polar surface area (TPSA) is 65.1 Å². The molecule has 0 rings (SSSR count). The number of rotatable bonds is 15. The molecule has 0 saturated carbocycles. The fraction of sp³-hybridized carbons (Fsp3) is 0.882. The maximum absolute atomic E-state index is 11.6. The van der Waals surface area contributed by atoms with Gasteiger partial charge in [-0.3, -0.25) is 14.5 Å². The van der Waals surface area contributed by atoms with E-state index in [-0.39, 0.29) is 23.5 Å². The van der Waals surface area contributed by atoms with Gasteiger partial charge >= 0.3 is 8.80 Å². The van der Waals surface area contributed by atoms with Gasteiger partial charge in [-0.05, 0) is 40.3 Å². The summed E-state index contributed by atoms with van der Waals surface area (Å²) in [4.78, 5) is 25.2. The zero-order chi connectivity index (χ0) is 19.3. The summed E-state index contributed by atoms with van der Waals surface area (Å²) in [5.41, 5.74) is 0. The van der Waals surface area contributed by atoms with Crippen LogP contribution >= 0.6 is 11.8 Å². The third-order valence-corrected chi connectivity index (χ3v) is 7.92. The SMILES string of the molecule is CCO[Si](CCCSC(=O)C(=O)CC)(OCC)OC(C)N(CC)CC. The van der Waals surface area contributed by atoms with Gasteiger partial charge in [-0.1, -0.05) is 32.5 Å². The van der Waals surface area contributed by atoms with Crippen molar-refractivity contribution in [3.05, 3.63) is 0 Å². The van der Waals surface area contributed by atoms with Crippen molar-refractivity contribution in [1.82, 2.24) is 4.90 Å². The van der Waals surface area contributed by atoms with E-state index in [1.807, 2.05) is 20.8 Å². The summed E-state index contributed by atoms with van der Waals surface area (Å²) in [6.07, 6.45) is 0.882. The van der Waals surface area contributed by atoms with Crippen LogP contribution in [-0.4, -0.2) is 62.9 Å². The molecule has 0 amide bonds. The minimum Gasteiger partial charge on any atom is -0.374 e. The molecule has 0 aromatic rings. The molecule has 1 unspecified atom stereocenters. The van der Waals surface area contributed by atoms with E-state index < -0.39 is 8.80 Å². The molecule has 0 aromatic heterocycles. The van der Waals surface area contributed by atoms with Gasteiger partial charge in [0.25, 0.3) is 5.12 Å². The van der Waals surface area contributed by atoms with Crippen molar-refractivity contribution in [2.24, 2.45) is 0 Å². The lowest BCUT2D eigenvalue weighted by atomic mass is 10.3. The molecular weight excluding hydrogens is 358 g/mol. The molecule has 1 atom stereocenters. The average Bonchev–Trinajstić information content (AvgIpc) is 2.59. The largest absolute Gasteiger partial charge is 0.502 e. The second-order valence-corrected chi connectivity index (χ2v) is 9.25. The van der Waals surface area contributed by atoms with Crippen molar-refractivity contribution in [2.45, 2.75) is 66.7 Å². The van der Waals surface area contributed by atoms with E-state index in [0.717, 1.165) is 24.9 Å². The first-order chi connectivity index (χ1) is 11.9. The van der Waals surface area contributed by atoms with Gasteiger partial charge in [0.15, 0.2) is 0 Å². The van der Waals surface area contributed by atoms with Crippen molar-refractivity contribution in [2.75, 3.05) is 32.1 Å². The fourth-order valence-corrected chi connectivity index (χ4v) is 6.32. The van der Waals surface area contributed by atoms with Crippen LogP contribution in [0.2, 0.25) is 6.04 Å². The van der Waals surface area contributed by atoms with Crippen molar-refractivity contribution >= 4 is 31.5 Å². The van der Waals surface area contributed by atoms with E-state index in [2.05, 4.69) is 18.7 Å². The summed E-state index contributed by atoms with van der Waals surface area (Å²) in [6, 6.07) is 0.640. The molecular formula is C17H35NO5SSi. The van der Waals surface area contributed by atoms with Crippen molar-refractivity contribution in [3.8, 4) is 0 Å². The van der Waals surface area contributed by atoms with Crippen LogP contribution in [0, 0.1) is 0 Å². The number of ketones is 1. The summed E-state index contributed by atoms with van der Waals surface area (Å²) in [6.45, 7) is 14.6. The highest BCUT2D eigenvalue weighted by atomic mass is 32.2. The summed E-state index contributed by atoms with van der Waals surface area (Å²) in [5.74, 6) is 0.247. The van der Waals surface area contributed by atoms with Crippen LogP contribution in [-0.2, 0) is 22.9 Å². The number of carbonyl (C=O) groups is 2. The molecule has 0 aromatic carbocycles. The number of Topliss-reactive ketones (excluding diaryl/α,β-unsaturated/α-hetero) is 1. The Hall–Kier alpha value is -0.253. The lowest BCUT2D eigenvalue weighted by molar-refractivity contribution is -0.131. The standard InChI is InChI=1S/C17H35NO5SSi/c1-7-16(19)17(20)24-13-12-14-25(21-10-4,22-11-5)23-15(6)18(8-2)9-3/h15H,7-14H2,1-6H3. The van der Waals surface area contributed by atoms with Crippen LogP contribution in [0.25, 0.3) is 0 Å². The first kappa shape index (κ1) is 24.7. The van der Waals surface area contributed by atoms with Crippen LogP contribution < -0.4 is 0 Å². The number of carbonyl (C=O) groups excluding carboxylic acids is 2. The molecule has 0 spiro atoms. The molecule has 0 aliphatic carbocycles. The van der Waals surface area contributed by atoms with Crippen LogP contribution in [0.15, 0.2) is 0 Å². The molecule has 0 heterocycles. The number of thioether (sulfide) groups is 1. The molecule has 8 heteroatoms. The van der Waals surface area contributed by atoms with Crippen LogP contribution in [0.1, 0.15) is 54.4 Å². The Kier molecular flexibility index (Phi) is 13.7. The predicted molar refractivity (Wildman–Crippen MR) is 105 cm³/mol. The van der Waals surface area contributed by atoms with Gasteiger partial charge in [0.1, 0.15) is 6.23 Å². The highest BCUT2D eigenvalue weighted by molar-refractivity contribution is 8.15. The zero-order valence-corrected chi connectivity index (χ0v) is 18.4. The summed E-state index contributed by atoms with van der Waals surface area (Å²) in [7, 11) is -2.81. The first-order valence-corrected chi connectivity index (χ1v) is 12.2. The Balaban J connectivity index is 4.79. The second-order valence-electron chi connectivity index (χ2n) is 5.50. The number of hydrogen-bond donors (Lipinski definition) is 0. The minimum absolute atomic E-state index is 0.0873. The van der Waals surface area contributed by atoms with Gasteiger partial charge in [-0.25, -0.2) is 0 Å². The normalized spacial score (nSPS) is 13.2. The molecule has 0 fully saturated rings. The highest BCUT2D eigenvalue weighted by Crippen LogP contribution is 2.23. The van der Waals surface area contributed by atoms with E-state index in [0.29, 0.717) is 31.4 Å². The van der Waals surface area contributed by atoms with Crippen LogP contribution in [0.4, 0.5) is 0 Å². The molecule has 0 N–H and O–H groups in total. The zero-order valence-electron chi connectivity index (χ0n) is 16.6. The maximum atomic E-state index is 11.6. The molecule has 0 bridgehead atoms. The van der Waals surface area contributed by atoms with E-state index in [1.54, 1.807) is 6.92 Å². The number of nitrogens with zero attached hydrogens (tertiary/aromatic N) is 1. The van der Waals surface area contributed by atoms with Gasteiger partial charge < -0.3 is 13.3 Å². The minimum atomic E-state index is -2.81. The van der Waals surface area contributed by atoms with E-state index in [1.165, 1.54) is 0 Å². The monoisotopic (exact) mass is 393 g/mol. The van der Waals surface area contributed by atoms with Crippen molar-refractivity contribution < 1.29 is 22.9 Å². The van der Waals surface area contributed by atoms with Crippen LogP contribution in [0.3, 0.4) is 0 Å². The summed E-state index contributed by atoms with van der Waals surface area (Å²) >= 11 is 1.08. The van der Waals surface area contributed by atoms with Crippen LogP contribution in [0.5, 0.6) is 0 Å². The molecule has 25 heavy (non-hydrogen) atoms. The smallest absolute Gasteiger partial charge is 0.374 e. The Morgan fingerprint density at radius 2 is 1.60 bits per heavy atom. The molecule has 0 saturated heterocycles.